The molecule has 0 saturated heterocycles. The van der Waals surface area contributed by atoms with Crippen LogP contribution in [0.5, 0.6) is 0 Å². The Morgan fingerprint density at radius 2 is 1.91 bits per heavy atom. The lowest BCUT2D eigenvalue weighted by molar-refractivity contribution is 0.130. The highest BCUT2D eigenvalue weighted by molar-refractivity contribution is 5.85. The minimum absolute atomic E-state index is 0.244. The monoisotopic (exact) mass is 316 g/mol. The smallest absolute Gasteiger partial charge is 0.147 e. The van der Waals surface area contributed by atoms with Crippen molar-refractivity contribution in [2.45, 2.75) is 46.9 Å². The van der Waals surface area contributed by atoms with Gasteiger partial charge in [-0.2, -0.15) is 5.10 Å². The minimum atomic E-state index is -0.603. The Bertz CT molecular complexity index is 865. The van der Waals surface area contributed by atoms with Crippen molar-refractivity contribution in [2.24, 2.45) is 0 Å². The van der Waals surface area contributed by atoms with Gasteiger partial charge in [-0.3, -0.25) is 0 Å². The number of aryl methyl sites for hydroxylation is 3. The number of aliphatic hydroxyl groups is 1. The van der Waals surface area contributed by atoms with E-state index in [4.69, 9.17) is 0 Å². The summed E-state index contributed by atoms with van der Waals surface area (Å²) < 4.78 is 17.2. The Balaban J connectivity index is 1.89. The Hall–Kier alpha value is -2.21. The summed E-state index contributed by atoms with van der Waals surface area (Å²) >= 11 is 0. The second-order valence-electron chi connectivity index (χ2n) is 6.02. The molecule has 0 aliphatic rings. The summed E-state index contributed by atoms with van der Waals surface area (Å²) in [4.78, 5) is 4.24. The highest BCUT2D eigenvalue weighted by atomic mass is 19.1. The van der Waals surface area contributed by atoms with Gasteiger partial charge in [0.15, 0.2) is 0 Å². The summed E-state index contributed by atoms with van der Waals surface area (Å²) in [6.45, 7) is 8.48. The van der Waals surface area contributed by atoms with Crippen LogP contribution in [0.3, 0.4) is 0 Å². The molecule has 5 nitrogen and oxygen atoms in total. The van der Waals surface area contributed by atoms with Gasteiger partial charge in [-0.05, 0) is 51.5 Å². The molecule has 1 unspecified atom stereocenters. The number of hydrogen-bond donors (Lipinski definition) is 1. The van der Waals surface area contributed by atoms with Crippen molar-refractivity contribution in [3.05, 3.63) is 46.9 Å². The van der Waals surface area contributed by atoms with Crippen LogP contribution in [0.4, 0.5) is 4.39 Å². The van der Waals surface area contributed by atoms with Crippen LogP contribution in [0, 0.1) is 33.5 Å². The Labute approximate surface area is 134 Å². The van der Waals surface area contributed by atoms with Crippen LogP contribution >= 0.6 is 0 Å². The van der Waals surface area contributed by atoms with E-state index in [1.54, 1.807) is 16.8 Å². The molecule has 0 aliphatic heterocycles. The lowest BCUT2D eigenvalue weighted by Crippen LogP contribution is -2.24. The van der Waals surface area contributed by atoms with Gasteiger partial charge in [0.25, 0.3) is 0 Å². The van der Waals surface area contributed by atoms with Gasteiger partial charge in [-0.25, -0.2) is 14.1 Å². The zero-order chi connectivity index (χ0) is 16.7. The van der Waals surface area contributed by atoms with E-state index in [2.05, 4.69) is 10.1 Å². The van der Waals surface area contributed by atoms with Gasteiger partial charge in [0, 0.05) is 16.6 Å². The standard InChI is InChI=1S/C17H21FN4O/c1-10-11(2)21(17-6-5-14(18)7-16(10)17)8-15(23)9-22-13(4)19-12(3)20-22/h5-7,15,23H,8-9H2,1-4H3. The van der Waals surface area contributed by atoms with Crippen LogP contribution in [0.15, 0.2) is 18.2 Å². The summed E-state index contributed by atoms with van der Waals surface area (Å²) in [5.74, 6) is 1.24. The van der Waals surface area contributed by atoms with Crippen molar-refractivity contribution in [1.82, 2.24) is 19.3 Å². The predicted octanol–water partition coefficient (Wildman–Crippen LogP) is 2.67. The van der Waals surface area contributed by atoms with Gasteiger partial charge in [-0.15, -0.1) is 0 Å². The molecule has 1 atom stereocenters. The first-order valence-corrected chi connectivity index (χ1v) is 7.68. The van der Waals surface area contributed by atoms with Crippen LogP contribution in [0.1, 0.15) is 22.9 Å². The number of halogens is 1. The molecule has 2 aromatic heterocycles. The molecular formula is C17H21FN4O. The van der Waals surface area contributed by atoms with E-state index >= 15 is 0 Å². The van der Waals surface area contributed by atoms with Crippen LogP contribution in [0.2, 0.25) is 0 Å². The van der Waals surface area contributed by atoms with Crippen molar-refractivity contribution in [3.63, 3.8) is 0 Å². The minimum Gasteiger partial charge on any atom is -0.389 e. The lowest BCUT2D eigenvalue weighted by atomic mass is 10.1. The molecule has 1 N–H and O–H groups in total. The summed E-state index contributed by atoms with van der Waals surface area (Å²) in [6, 6.07) is 4.77. The second-order valence-corrected chi connectivity index (χ2v) is 6.02. The van der Waals surface area contributed by atoms with Crippen LogP contribution in [-0.2, 0) is 13.1 Å². The SMILES string of the molecule is Cc1nc(C)n(CC(O)Cn2c(C)c(C)c3cc(F)ccc32)n1. The Kier molecular flexibility index (Phi) is 3.93. The van der Waals surface area contributed by atoms with Crippen LogP contribution < -0.4 is 0 Å². The maximum absolute atomic E-state index is 13.5. The first kappa shape index (κ1) is 15.7. The predicted molar refractivity (Wildman–Crippen MR) is 86.9 cm³/mol. The molecule has 0 aliphatic carbocycles. The van der Waals surface area contributed by atoms with Crippen molar-refractivity contribution < 1.29 is 9.50 Å². The molecule has 6 heteroatoms. The topological polar surface area (TPSA) is 55.9 Å². The van der Waals surface area contributed by atoms with Gasteiger partial charge in [0.2, 0.25) is 0 Å². The number of aromatic nitrogens is 4. The molecule has 3 rings (SSSR count). The third-order valence-corrected chi connectivity index (χ3v) is 4.34. The highest BCUT2D eigenvalue weighted by Gasteiger charge is 2.16. The van der Waals surface area contributed by atoms with Gasteiger partial charge in [-0.1, -0.05) is 0 Å². The molecule has 1 aromatic carbocycles. The fourth-order valence-electron chi connectivity index (χ4n) is 3.06. The van der Waals surface area contributed by atoms with Crippen LogP contribution in [-0.4, -0.2) is 30.5 Å². The average molecular weight is 316 g/mol. The number of nitrogens with zero attached hydrogens (tertiary/aromatic N) is 4. The maximum Gasteiger partial charge on any atom is 0.147 e. The number of benzene rings is 1. The highest BCUT2D eigenvalue weighted by Crippen LogP contribution is 2.26. The van der Waals surface area contributed by atoms with E-state index in [-0.39, 0.29) is 5.82 Å². The van der Waals surface area contributed by atoms with Crippen molar-refractivity contribution in [2.75, 3.05) is 0 Å². The molecule has 0 saturated carbocycles. The lowest BCUT2D eigenvalue weighted by Gasteiger charge is -2.15. The molecule has 2 heterocycles. The maximum atomic E-state index is 13.5. The molecule has 0 bridgehead atoms. The van der Waals surface area contributed by atoms with E-state index in [0.717, 1.165) is 28.0 Å². The Morgan fingerprint density at radius 3 is 2.57 bits per heavy atom. The largest absolute Gasteiger partial charge is 0.389 e. The number of hydrogen-bond acceptors (Lipinski definition) is 3. The number of fused-ring (bicyclic) bond motifs is 1. The first-order valence-electron chi connectivity index (χ1n) is 7.68. The third kappa shape index (κ3) is 2.86. The quantitative estimate of drug-likeness (QED) is 0.805. The third-order valence-electron chi connectivity index (χ3n) is 4.34. The average Bonchev–Trinajstić information content (AvgIpc) is 2.91. The van der Waals surface area contributed by atoms with Crippen molar-refractivity contribution in [1.29, 1.82) is 0 Å². The van der Waals surface area contributed by atoms with E-state index < -0.39 is 6.10 Å². The van der Waals surface area contributed by atoms with Crippen molar-refractivity contribution >= 4 is 10.9 Å². The molecule has 0 radical (unpaired) electrons. The number of aliphatic hydroxyl groups excluding tert-OH is 1. The van der Waals surface area contributed by atoms with Gasteiger partial charge in [0.05, 0.1) is 19.2 Å². The van der Waals surface area contributed by atoms with Crippen LogP contribution in [0.25, 0.3) is 10.9 Å². The van der Waals surface area contributed by atoms with E-state index in [0.29, 0.717) is 18.9 Å². The van der Waals surface area contributed by atoms with E-state index in [1.807, 2.05) is 32.3 Å². The van der Waals surface area contributed by atoms with Gasteiger partial charge >= 0.3 is 0 Å². The fraction of sp³-hybridized carbons (Fsp3) is 0.412. The molecule has 122 valence electrons. The summed E-state index contributed by atoms with van der Waals surface area (Å²) in [5, 5.41) is 15.6. The molecule has 23 heavy (non-hydrogen) atoms. The zero-order valence-electron chi connectivity index (χ0n) is 13.8. The molecule has 0 spiro atoms. The van der Waals surface area contributed by atoms with Gasteiger partial charge in [0.1, 0.15) is 17.5 Å². The van der Waals surface area contributed by atoms with E-state index in [1.165, 1.54) is 6.07 Å². The Morgan fingerprint density at radius 1 is 1.17 bits per heavy atom. The zero-order valence-corrected chi connectivity index (χ0v) is 13.8. The first-order chi connectivity index (χ1) is 10.9. The van der Waals surface area contributed by atoms with Crippen molar-refractivity contribution in [3.8, 4) is 0 Å². The fourth-order valence-corrected chi connectivity index (χ4v) is 3.06. The number of rotatable bonds is 4. The molecule has 0 amide bonds. The summed E-state index contributed by atoms with van der Waals surface area (Å²) in [6.07, 6.45) is -0.603. The molecule has 0 fully saturated rings. The normalized spacial score (nSPS) is 13.0. The van der Waals surface area contributed by atoms with E-state index in [9.17, 15) is 9.50 Å². The summed E-state index contributed by atoms with van der Waals surface area (Å²) in [5.41, 5.74) is 3.02. The van der Waals surface area contributed by atoms with Gasteiger partial charge < -0.3 is 9.67 Å². The molecular weight excluding hydrogens is 295 g/mol. The summed E-state index contributed by atoms with van der Waals surface area (Å²) in [7, 11) is 0. The second kappa shape index (κ2) is 5.77. The molecule has 3 aromatic rings.